The molecule has 1 aromatic rings. The van der Waals surface area contributed by atoms with E-state index in [1.54, 1.807) is 25.1 Å². The molecule has 1 atom stereocenters. The van der Waals surface area contributed by atoms with Gasteiger partial charge in [0.15, 0.2) is 0 Å². The van der Waals surface area contributed by atoms with Crippen molar-refractivity contribution in [3.8, 4) is 11.8 Å². The highest BCUT2D eigenvalue weighted by atomic mass is 35.5. The van der Waals surface area contributed by atoms with Gasteiger partial charge in [0.25, 0.3) is 15.9 Å². The van der Waals surface area contributed by atoms with E-state index in [1.807, 2.05) is 0 Å². The number of urea groups is 1. The number of rotatable bonds is 3. The maximum absolute atomic E-state index is 12.3. The van der Waals surface area contributed by atoms with Crippen molar-refractivity contribution in [2.75, 3.05) is 19.6 Å². The third kappa shape index (κ3) is 5.39. The van der Waals surface area contributed by atoms with Crippen LogP contribution in [0.3, 0.4) is 0 Å². The van der Waals surface area contributed by atoms with Gasteiger partial charge in [0.1, 0.15) is 6.54 Å². The molecule has 27 heavy (non-hydrogen) atoms. The van der Waals surface area contributed by atoms with Crippen molar-refractivity contribution in [3.05, 3.63) is 45.8 Å². The van der Waals surface area contributed by atoms with E-state index in [2.05, 4.69) is 23.7 Å². The molecule has 1 N–H and O–H groups in total. The van der Waals surface area contributed by atoms with Crippen LogP contribution in [-0.2, 0) is 14.8 Å². The summed E-state index contributed by atoms with van der Waals surface area (Å²) < 4.78 is 24.1. The van der Waals surface area contributed by atoms with Crippen molar-refractivity contribution in [2.45, 2.75) is 13.0 Å². The minimum absolute atomic E-state index is 0.0809. The normalized spacial score (nSPS) is 15.6. The number of nitrogens with zero attached hydrogens (tertiary/aromatic N) is 2. The molecule has 0 bridgehead atoms. The third-order valence-electron chi connectivity index (χ3n) is 3.67. The highest BCUT2D eigenvalue weighted by Gasteiger charge is 2.33. The van der Waals surface area contributed by atoms with Crippen LogP contribution in [0.5, 0.6) is 0 Å². The first kappa shape index (κ1) is 21.1. The lowest BCUT2D eigenvalue weighted by Crippen LogP contribution is -2.56. The Balaban J connectivity index is 1.96. The third-order valence-corrected chi connectivity index (χ3v) is 5.84. The van der Waals surface area contributed by atoms with Crippen LogP contribution in [0.15, 0.2) is 30.2 Å². The average molecular weight is 430 g/mol. The fourth-order valence-corrected chi connectivity index (χ4v) is 3.42. The second-order valence-electron chi connectivity index (χ2n) is 5.67. The van der Waals surface area contributed by atoms with Crippen LogP contribution in [0.4, 0.5) is 4.79 Å². The van der Waals surface area contributed by atoms with E-state index < -0.39 is 28.0 Å². The first-order chi connectivity index (χ1) is 12.6. The van der Waals surface area contributed by atoms with Crippen LogP contribution in [0.1, 0.15) is 12.5 Å². The molecule has 7 nitrogen and oxygen atoms in total. The van der Waals surface area contributed by atoms with Gasteiger partial charge in [0.05, 0.1) is 22.6 Å². The lowest BCUT2D eigenvalue weighted by Gasteiger charge is -2.33. The lowest BCUT2D eigenvalue weighted by molar-refractivity contribution is -0.129. The summed E-state index contributed by atoms with van der Waals surface area (Å²) in [6.45, 7) is 4.49. The molecule has 2 rings (SSSR count). The van der Waals surface area contributed by atoms with E-state index in [0.717, 1.165) is 0 Å². The number of hydrogen-bond acceptors (Lipinski definition) is 4. The van der Waals surface area contributed by atoms with Gasteiger partial charge < -0.3 is 10.2 Å². The van der Waals surface area contributed by atoms with Gasteiger partial charge in [-0.2, -0.15) is 0 Å². The van der Waals surface area contributed by atoms with Crippen molar-refractivity contribution < 1.29 is 18.0 Å². The molecule has 3 amide bonds. The van der Waals surface area contributed by atoms with Crippen molar-refractivity contribution >= 4 is 45.2 Å². The lowest BCUT2D eigenvalue weighted by atomic mass is 10.2. The SMILES string of the molecule is C=CS(=O)(=O)N1CCN(C(=O)NC(C)C#Cc2ccc(Cl)c(Cl)c2)CC1=O. The van der Waals surface area contributed by atoms with Gasteiger partial charge in [-0.15, -0.1) is 0 Å². The van der Waals surface area contributed by atoms with Gasteiger partial charge in [0.2, 0.25) is 0 Å². The van der Waals surface area contributed by atoms with E-state index >= 15 is 0 Å². The summed E-state index contributed by atoms with van der Waals surface area (Å²) in [6.07, 6.45) is 0. The maximum Gasteiger partial charge on any atom is 0.318 e. The molecule has 0 radical (unpaired) electrons. The van der Waals surface area contributed by atoms with Crippen molar-refractivity contribution in [1.29, 1.82) is 0 Å². The summed E-state index contributed by atoms with van der Waals surface area (Å²) in [5.41, 5.74) is 0.643. The highest BCUT2D eigenvalue weighted by Crippen LogP contribution is 2.22. The Morgan fingerprint density at radius 2 is 2.04 bits per heavy atom. The van der Waals surface area contributed by atoms with Crippen molar-refractivity contribution in [1.82, 2.24) is 14.5 Å². The molecule has 0 aliphatic carbocycles. The summed E-state index contributed by atoms with van der Waals surface area (Å²) in [5.74, 6) is 5.04. The Bertz CT molecular complexity index is 937. The molecule has 1 aliphatic heterocycles. The van der Waals surface area contributed by atoms with E-state index in [4.69, 9.17) is 23.2 Å². The molecule has 1 fully saturated rings. The fourth-order valence-electron chi connectivity index (χ4n) is 2.27. The van der Waals surface area contributed by atoms with Crippen LogP contribution < -0.4 is 5.32 Å². The van der Waals surface area contributed by atoms with Crippen LogP contribution in [0, 0.1) is 11.8 Å². The van der Waals surface area contributed by atoms with Gasteiger partial charge in [0, 0.05) is 17.5 Å². The Hall–Kier alpha value is -2.21. The predicted molar refractivity (Wildman–Crippen MR) is 104 cm³/mol. The van der Waals surface area contributed by atoms with Crippen LogP contribution in [-0.4, -0.2) is 55.2 Å². The number of nitrogens with one attached hydrogen (secondary N) is 1. The van der Waals surface area contributed by atoms with Gasteiger partial charge in [-0.3, -0.25) is 4.79 Å². The standard InChI is InChI=1S/C17H17Cl2N3O4S/c1-3-27(25,26)22-9-8-21(11-16(22)23)17(24)20-12(2)4-5-13-6-7-14(18)15(19)10-13/h3,6-7,10,12H,1,8-9,11H2,2H3,(H,20,24). The molecule has 0 spiro atoms. The second kappa shape index (κ2) is 8.65. The van der Waals surface area contributed by atoms with Crippen molar-refractivity contribution in [3.63, 3.8) is 0 Å². The van der Waals surface area contributed by atoms with Gasteiger partial charge in [-0.1, -0.05) is 41.6 Å². The zero-order valence-electron chi connectivity index (χ0n) is 14.4. The summed E-state index contributed by atoms with van der Waals surface area (Å²) in [7, 11) is -3.84. The monoisotopic (exact) mass is 429 g/mol. The van der Waals surface area contributed by atoms with Crippen LogP contribution in [0.2, 0.25) is 10.0 Å². The molecule has 144 valence electrons. The Kier molecular flexibility index (Phi) is 6.76. The first-order valence-electron chi connectivity index (χ1n) is 7.84. The van der Waals surface area contributed by atoms with Gasteiger partial charge >= 0.3 is 6.03 Å². The predicted octanol–water partition coefficient (Wildman–Crippen LogP) is 2.06. The number of benzene rings is 1. The second-order valence-corrected chi connectivity index (χ2v) is 8.29. The van der Waals surface area contributed by atoms with Crippen LogP contribution >= 0.6 is 23.2 Å². The van der Waals surface area contributed by atoms with Crippen molar-refractivity contribution in [2.24, 2.45) is 0 Å². The number of halogens is 2. The number of carbonyl (C=O) groups excluding carboxylic acids is 2. The first-order valence-corrected chi connectivity index (χ1v) is 10.1. The van der Waals surface area contributed by atoms with Gasteiger partial charge in [-0.25, -0.2) is 17.5 Å². The molecular formula is C17H17Cl2N3O4S. The fraction of sp³-hybridized carbons (Fsp3) is 0.294. The molecule has 0 aromatic heterocycles. The maximum atomic E-state index is 12.3. The van der Waals surface area contributed by atoms with Gasteiger partial charge in [-0.05, 0) is 25.1 Å². The number of amides is 3. The largest absolute Gasteiger partial charge is 0.325 e. The van der Waals surface area contributed by atoms with Crippen LogP contribution in [0.25, 0.3) is 0 Å². The van der Waals surface area contributed by atoms with E-state index in [9.17, 15) is 18.0 Å². The molecule has 1 unspecified atom stereocenters. The summed E-state index contributed by atoms with van der Waals surface area (Å²) in [6, 6.07) is 3.93. The average Bonchev–Trinajstić information content (AvgIpc) is 2.62. The molecule has 10 heteroatoms. The zero-order valence-corrected chi connectivity index (χ0v) is 16.7. The summed E-state index contributed by atoms with van der Waals surface area (Å²) in [4.78, 5) is 25.5. The minimum Gasteiger partial charge on any atom is -0.325 e. The number of sulfonamides is 1. The molecule has 1 saturated heterocycles. The van der Waals surface area contributed by atoms with E-state index in [-0.39, 0.29) is 19.6 Å². The molecule has 1 heterocycles. The Morgan fingerprint density at radius 3 is 2.63 bits per heavy atom. The molecule has 1 aromatic carbocycles. The van der Waals surface area contributed by atoms with E-state index in [1.165, 1.54) is 4.90 Å². The summed E-state index contributed by atoms with van der Waals surface area (Å²) >= 11 is 11.8. The topological polar surface area (TPSA) is 86.8 Å². The number of hydrogen-bond donors (Lipinski definition) is 1. The quantitative estimate of drug-likeness (QED) is 0.744. The number of piperazine rings is 1. The Labute approximate surface area is 168 Å². The molecule has 0 saturated carbocycles. The van der Waals surface area contributed by atoms with E-state index in [0.29, 0.717) is 25.3 Å². The minimum atomic E-state index is -3.84. The number of carbonyl (C=O) groups is 2. The Morgan fingerprint density at radius 1 is 1.33 bits per heavy atom. The highest BCUT2D eigenvalue weighted by molar-refractivity contribution is 7.92. The zero-order chi connectivity index (χ0) is 20.2. The molecule has 1 aliphatic rings. The molecular weight excluding hydrogens is 413 g/mol. The smallest absolute Gasteiger partial charge is 0.318 e. The summed E-state index contributed by atoms with van der Waals surface area (Å²) in [5, 5.41) is 4.16.